The highest BCUT2D eigenvalue weighted by molar-refractivity contribution is 7.89. The van der Waals surface area contributed by atoms with Gasteiger partial charge in [-0.05, 0) is 54.9 Å². The molecule has 0 atom stereocenters. The van der Waals surface area contributed by atoms with Gasteiger partial charge in [0.2, 0.25) is 10.0 Å². The molecule has 0 spiro atoms. The van der Waals surface area contributed by atoms with E-state index in [2.05, 4.69) is 11.6 Å². The van der Waals surface area contributed by atoms with Gasteiger partial charge < -0.3 is 5.73 Å². The van der Waals surface area contributed by atoms with E-state index >= 15 is 0 Å². The van der Waals surface area contributed by atoms with Crippen LogP contribution in [-0.4, -0.2) is 15.0 Å². The topological polar surface area (TPSA) is 72.2 Å². The molecule has 0 heterocycles. The molecular formula is C15H24N2O2S. The summed E-state index contributed by atoms with van der Waals surface area (Å²) in [6.45, 7) is 4.98. The van der Waals surface area contributed by atoms with Crippen LogP contribution >= 0.6 is 0 Å². The van der Waals surface area contributed by atoms with Gasteiger partial charge in [-0.25, -0.2) is 13.1 Å². The molecule has 1 aliphatic carbocycles. The van der Waals surface area contributed by atoms with E-state index in [4.69, 9.17) is 5.73 Å². The number of hydrogen-bond acceptors (Lipinski definition) is 3. The number of rotatable bonds is 7. The first kappa shape index (κ1) is 15.5. The Morgan fingerprint density at radius 1 is 1.35 bits per heavy atom. The molecule has 0 amide bonds. The van der Waals surface area contributed by atoms with Crippen LogP contribution in [0.25, 0.3) is 0 Å². The Kier molecular flexibility index (Phi) is 4.52. The summed E-state index contributed by atoms with van der Waals surface area (Å²) in [4.78, 5) is 0.316. The van der Waals surface area contributed by atoms with Gasteiger partial charge in [-0.2, -0.15) is 0 Å². The lowest BCUT2D eigenvalue weighted by atomic mass is 10.0. The molecule has 1 aromatic carbocycles. The van der Waals surface area contributed by atoms with Crippen LogP contribution in [0.1, 0.15) is 43.7 Å². The van der Waals surface area contributed by atoms with E-state index in [1.165, 1.54) is 0 Å². The minimum atomic E-state index is -3.43. The highest BCUT2D eigenvalue weighted by atomic mass is 32.2. The molecular weight excluding hydrogens is 272 g/mol. The normalized spacial score (nSPS) is 17.1. The third-order valence-corrected chi connectivity index (χ3v) is 5.62. The van der Waals surface area contributed by atoms with Crippen LogP contribution in [0.3, 0.4) is 0 Å². The molecule has 112 valence electrons. The van der Waals surface area contributed by atoms with Crippen molar-refractivity contribution >= 4 is 10.0 Å². The predicted octanol–water partition coefficient (Wildman–Crippen LogP) is 2.31. The molecule has 2 rings (SSSR count). The predicted molar refractivity (Wildman–Crippen MR) is 80.8 cm³/mol. The number of aryl methyl sites for hydroxylation is 1. The Labute approximate surface area is 121 Å². The van der Waals surface area contributed by atoms with Gasteiger partial charge in [0.25, 0.3) is 0 Å². The van der Waals surface area contributed by atoms with Gasteiger partial charge >= 0.3 is 0 Å². The van der Waals surface area contributed by atoms with Crippen molar-refractivity contribution in [1.29, 1.82) is 0 Å². The van der Waals surface area contributed by atoms with Crippen LogP contribution < -0.4 is 10.5 Å². The molecule has 3 N–H and O–H groups in total. The lowest BCUT2D eigenvalue weighted by Gasteiger charge is -2.15. The average molecular weight is 296 g/mol. The van der Waals surface area contributed by atoms with Crippen molar-refractivity contribution < 1.29 is 8.42 Å². The second-order valence-electron chi connectivity index (χ2n) is 5.87. The van der Waals surface area contributed by atoms with Gasteiger partial charge in [-0.3, -0.25) is 0 Å². The number of hydrogen-bond donors (Lipinski definition) is 2. The highest BCUT2D eigenvalue weighted by Crippen LogP contribution is 2.49. The summed E-state index contributed by atoms with van der Waals surface area (Å²) in [7, 11) is -3.43. The molecule has 1 fully saturated rings. The van der Waals surface area contributed by atoms with E-state index < -0.39 is 10.0 Å². The van der Waals surface area contributed by atoms with E-state index in [9.17, 15) is 8.42 Å². The van der Waals surface area contributed by atoms with Crippen molar-refractivity contribution in [3.8, 4) is 0 Å². The van der Waals surface area contributed by atoms with Crippen molar-refractivity contribution in [3.05, 3.63) is 29.3 Å². The largest absolute Gasteiger partial charge is 0.326 e. The minimum absolute atomic E-state index is 0.212. The van der Waals surface area contributed by atoms with Crippen LogP contribution in [0.4, 0.5) is 0 Å². The fourth-order valence-electron chi connectivity index (χ4n) is 2.59. The zero-order valence-corrected chi connectivity index (χ0v) is 13.1. The Morgan fingerprint density at radius 2 is 2.05 bits per heavy atom. The summed E-state index contributed by atoms with van der Waals surface area (Å²) < 4.78 is 27.4. The molecule has 0 radical (unpaired) electrons. The first-order chi connectivity index (χ1) is 9.42. The Balaban J connectivity index is 2.10. The van der Waals surface area contributed by atoms with Crippen LogP contribution in [0.15, 0.2) is 23.1 Å². The third-order valence-electron chi connectivity index (χ3n) is 4.23. The van der Waals surface area contributed by atoms with Gasteiger partial charge in [-0.15, -0.1) is 0 Å². The monoisotopic (exact) mass is 296 g/mol. The molecule has 0 aliphatic heterocycles. The summed E-state index contributed by atoms with van der Waals surface area (Å²) in [5.74, 6) is 0. The zero-order chi connectivity index (χ0) is 14.8. The Hall–Kier alpha value is -0.910. The van der Waals surface area contributed by atoms with Crippen LogP contribution in [-0.2, 0) is 16.6 Å². The quantitative estimate of drug-likeness (QED) is 0.811. The smallest absolute Gasteiger partial charge is 0.240 e. The maximum Gasteiger partial charge on any atom is 0.240 e. The van der Waals surface area contributed by atoms with E-state index in [1.807, 2.05) is 13.0 Å². The van der Waals surface area contributed by atoms with Gasteiger partial charge in [-0.1, -0.05) is 19.4 Å². The molecule has 5 heteroatoms. The SMILES string of the molecule is CCCC1(CNS(=O)(=O)c2ccc(C)c(CN)c2)CC1. The van der Waals surface area contributed by atoms with E-state index in [1.54, 1.807) is 12.1 Å². The lowest BCUT2D eigenvalue weighted by molar-refractivity contribution is 0.449. The molecule has 1 aromatic rings. The second-order valence-corrected chi connectivity index (χ2v) is 7.63. The average Bonchev–Trinajstić information content (AvgIpc) is 3.18. The van der Waals surface area contributed by atoms with Gasteiger partial charge in [0, 0.05) is 13.1 Å². The molecule has 0 aromatic heterocycles. The number of nitrogens with two attached hydrogens (primary N) is 1. The van der Waals surface area contributed by atoms with Crippen molar-refractivity contribution in [1.82, 2.24) is 4.72 Å². The maximum absolute atomic E-state index is 12.3. The van der Waals surface area contributed by atoms with Crippen LogP contribution in [0.5, 0.6) is 0 Å². The third kappa shape index (κ3) is 3.40. The fraction of sp³-hybridized carbons (Fsp3) is 0.600. The van der Waals surface area contributed by atoms with E-state index in [0.717, 1.165) is 36.8 Å². The van der Waals surface area contributed by atoms with Crippen molar-refractivity contribution in [3.63, 3.8) is 0 Å². The fourth-order valence-corrected chi connectivity index (χ4v) is 3.80. The van der Waals surface area contributed by atoms with Gasteiger partial charge in [0.1, 0.15) is 0 Å². The molecule has 1 aliphatic rings. The standard InChI is InChI=1S/C15H24N2O2S/c1-3-6-15(7-8-15)11-17-20(18,19)14-5-4-12(2)13(9-14)10-16/h4-5,9,17H,3,6-8,10-11,16H2,1-2H3. The minimum Gasteiger partial charge on any atom is -0.326 e. The lowest BCUT2D eigenvalue weighted by Crippen LogP contribution is -2.30. The van der Waals surface area contributed by atoms with Crippen molar-refractivity contribution in [2.24, 2.45) is 11.1 Å². The van der Waals surface area contributed by atoms with Crippen molar-refractivity contribution in [2.45, 2.75) is 51.0 Å². The number of sulfonamides is 1. The molecule has 0 bridgehead atoms. The summed E-state index contributed by atoms with van der Waals surface area (Å²) in [6.07, 6.45) is 4.46. The first-order valence-electron chi connectivity index (χ1n) is 7.22. The summed E-state index contributed by atoms with van der Waals surface area (Å²) in [6, 6.07) is 5.14. The molecule has 0 saturated heterocycles. The molecule has 0 unspecified atom stereocenters. The van der Waals surface area contributed by atoms with Crippen molar-refractivity contribution in [2.75, 3.05) is 6.54 Å². The van der Waals surface area contributed by atoms with Crippen LogP contribution in [0.2, 0.25) is 0 Å². The number of benzene rings is 1. The molecule has 20 heavy (non-hydrogen) atoms. The highest BCUT2D eigenvalue weighted by Gasteiger charge is 2.42. The summed E-state index contributed by atoms with van der Waals surface area (Å²) in [5, 5.41) is 0. The molecule has 4 nitrogen and oxygen atoms in total. The first-order valence-corrected chi connectivity index (χ1v) is 8.70. The van der Waals surface area contributed by atoms with Gasteiger partial charge in [0.15, 0.2) is 0 Å². The van der Waals surface area contributed by atoms with E-state index in [-0.39, 0.29) is 5.41 Å². The Morgan fingerprint density at radius 3 is 2.60 bits per heavy atom. The summed E-state index contributed by atoms with van der Waals surface area (Å²) >= 11 is 0. The number of nitrogens with one attached hydrogen (secondary N) is 1. The second kappa shape index (κ2) is 5.84. The van der Waals surface area contributed by atoms with Crippen LogP contribution in [0, 0.1) is 12.3 Å². The Bertz CT molecular complexity index is 578. The maximum atomic E-state index is 12.3. The summed E-state index contributed by atoms with van der Waals surface area (Å²) in [5.41, 5.74) is 7.75. The zero-order valence-electron chi connectivity index (χ0n) is 12.3. The van der Waals surface area contributed by atoms with E-state index in [0.29, 0.717) is 18.0 Å². The van der Waals surface area contributed by atoms with Gasteiger partial charge in [0.05, 0.1) is 4.90 Å². The molecule has 1 saturated carbocycles.